The van der Waals surface area contributed by atoms with Gasteiger partial charge in [0.15, 0.2) is 0 Å². The minimum atomic E-state index is -1.19. The number of hydrogen-bond donors (Lipinski definition) is 2. The standard InChI is InChI=1S/C13H13FN2O3/c1-2-9-6-16-12(19-9)7-15-11-4-3-8(14)5-10(11)13(17)18/h3-6,15H,2,7H2,1H3,(H,17,18). The number of carbonyl (C=O) groups is 1. The third kappa shape index (κ3) is 3.09. The number of anilines is 1. The first-order valence-electron chi connectivity index (χ1n) is 5.80. The maximum atomic E-state index is 13.0. The monoisotopic (exact) mass is 264 g/mol. The minimum Gasteiger partial charge on any atom is -0.478 e. The highest BCUT2D eigenvalue weighted by atomic mass is 19.1. The molecule has 0 unspecified atom stereocenters. The second kappa shape index (κ2) is 5.51. The molecule has 0 fully saturated rings. The third-order valence-corrected chi connectivity index (χ3v) is 2.59. The first-order valence-corrected chi connectivity index (χ1v) is 5.80. The molecule has 0 spiro atoms. The number of rotatable bonds is 5. The van der Waals surface area contributed by atoms with E-state index in [9.17, 15) is 9.18 Å². The van der Waals surface area contributed by atoms with Gasteiger partial charge in [0.25, 0.3) is 0 Å². The Bertz CT molecular complexity index is 595. The normalized spacial score (nSPS) is 10.4. The summed E-state index contributed by atoms with van der Waals surface area (Å²) < 4.78 is 18.4. The van der Waals surface area contributed by atoms with Crippen molar-refractivity contribution in [1.29, 1.82) is 0 Å². The van der Waals surface area contributed by atoms with Crippen LogP contribution in [0.2, 0.25) is 0 Å². The maximum Gasteiger partial charge on any atom is 0.337 e. The number of aromatic nitrogens is 1. The zero-order valence-corrected chi connectivity index (χ0v) is 10.3. The van der Waals surface area contributed by atoms with Gasteiger partial charge in [0.2, 0.25) is 5.89 Å². The molecule has 6 heteroatoms. The summed E-state index contributed by atoms with van der Waals surface area (Å²) in [5, 5.41) is 11.9. The third-order valence-electron chi connectivity index (χ3n) is 2.59. The van der Waals surface area contributed by atoms with E-state index >= 15 is 0 Å². The molecule has 1 heterocycles. The van der Waals surface area contributed by atoms with Crippen molar-refractivity contribution in [3.8, 4) is 0 Å². The Morgan fingerprint density at radius 2 is 2.32 bits per heavy atom. The van der Waals surface area contributed by atoms with E-state index in [1.54, 1.807) is 6.20 Å². The van der Waals surface area contributed by atoms with Crippen molar-refractivity contribution < 1.29 is 18.7 Å². The quantitative estimate of drug-likeness (QED) is 0.868. The molecular formula is C13H13FN2O3. The fourth-order valence-electron chi connectivity index (χ4n) is 1.61. The molecule has 0 radical (unpaired) electrons. The van der Waals surface area contributed by atoms with Crippen molar-refractivity contribution in [3.63, 3.8) is 0 Å². The van der Waals surface area contributed by atoms with Crippen LogP contribution in [0.1, 0.15) is 28.9 Å². The van der Waals surface area contributed by atoms with Gasteiger partial charge in [-0.3, -0.25) is 0 Å². The molecule has 0 saturated heterocycles. The molecule has 0 atom stereocenters. The summed E-state index contributed by atoms with van der Waals surface area (Å²) in [6, 6.07) is 3.54. The van der Waals surface area contributed by atoms with Gasteiger partial charge in [-0.1, -0.05) is 6.92 Å². The van der Waals surface area contributed by atoms with Crippen LogP contribution in [-0.4, -0.2) is 16.1 Å². The van der Waals surface area contributed by atoms with Gasteiger partial charge < -0.3 is 14.8 Å². The Kier molecular flexibility index (Phi) is 3.79. The highest BCUT2D eigenvalue weighted by molar-refractivity contribution is 5.94. The van der Waals surface area contributed by atoms with Crippen molar-refractivity contribution in [3.05, 3.63) is 47.4 Å². The van der Waals surface area contributed by atoms with Gasteiger partial charge >= 0.3 is 5.97 Å². The van der Waals surface area contributed by atoms with Gasteiger partial charge in [-0.25, -0.2) is 14.2 Å². The molecule has 0 amide bonds. The number of nitrogens with zero attached hydrogens (tertiary/aromatic N) is 1. The largest absolute Gasteiger partial charge is 0.478 e. The van der Waals surface area contributed by atoms with Crippen LogP contribution in [0.5, 0.6) is 0 Å². The van der Waals surface area contributed by atoms with Crippen LogP contribution in [0.3, 0.4) is 0 Å². The molecule has 2 rings (SSSR count). The van der Waals surface area contributed by atoms with Crippen LogP contribution >= 0.6 is 0 Å². The van der Waals surface area contributed by atoms with E-state index in [0.29, 0.717) is 11.6 Å². The van der Waals surface area contributed by atoms with Gasteiger partial charge in [-0.2, -0.15) is 0 Å². The molecule has 0 bridgehead atoms. The van der Waals surface area contributed by atoms with Crippen molar-refractivity contribution in [2.24, 2.45) is 0 Å². The van der Waals surface area contributed by atoms with Crippen molar-refractivity contribution in [2.75, 3.05) is 5.32 Å². The van der Waals surface area contributed by atoms with Gasteiger partial charge in [-0.05, 0) is 18.2 Å². The summed E-state index contributed by atoms with van der Waals surface area (Å²) in [6.07, 6.45) is 2.36. The van der Waals surface area contributed by atoms with E-state index in [2.05, 4.69) is 10.3 Å². The van der Waals surface area contributed by atoms with Crippen molar-refractivity contribution in [1.82, 2.24) is 4.98 Å². The summed E-state index contributed by atoms with van der Waals surface area (Å²) in [5.41, 5.74) is 0.201. The van der Waals surface area contributed by atoms with Crippen LogP contribution in [-0.2, 0) is 13.0 Å². The molecule has 100 valence electrons. The van der Waals surface area contributed by atoms with E-state index < -0.39 is 11.8 Å². The van der Waals surface area contributed by atoms with Gasteiger partial charge in [-0.15, -0.1) is 0 Å². The molecule has 0 saturated carbocycles. The number of oxazole rings is 1. The summed E-state index contributed by atoms with van der Waals surface area (Å²) in [4.78, 5) is 15.0. The lowest BCUT2D eigenvalue weighted by Crippen LogP contribution is -2.07. The van der Waals surface area contributed by atoms with E-state index in [-0.39, 0.29) is 12.1 Å². The van der Waals surface area contributed by atoms with Crippen LogP contribution in [0.4, 0.5) is 10.1 Å². The van der Waals surface area contributed by atoms with Crippen LogP contribution in [0.25, 0.3) is 0 Å². The topological polar surface area (TPSA) is 75.4 Å². The molecular weight excluding hydrogens is 251 g/mol. The van der Waals surface area contributed by atoms with Crippen LogP contribution < -0.4 is 5.32 Å². The maximum absolute atomic E-state index is 13.0. The van der Waals surface area contributed by atoms with E-state index in [1.807, 2.05) is 6.92 Å². The summed E-state index contributed by atoms with van der Waals surface area (Å²) in [5.74, 6) is -0.567. The zero-order chi connectivity index (χ0) is 13.8. The molecule has 1 aromatic heterocycles. The highest BCUT2D eigenvalue weighted by Gasteiger charge is 2.12. The number of aromatic carboxylic acids is 1. The number of nitrogens with one attached hydrogen (secondary N) is 1. The molecule has 0 aliphatic rings. The Hall–Kier alpha value is -2.37. The number of benzene rings is 1. The zero-order valence-electron chi connectivity index (χ0n) is 10.3. The highest BCUT2D eigenvalue weighted by Crippen LogP contribution is 2.18. The Balaban J connectivity index is 2.12. The number of carboxylic acid groups (broad SMARTS) is 1. The number of halogens is 1. The lowest BCUT2D eigenvalue weighted by atomic mass is 10.1. The Morgan fingerprint density at radius 1 is 1.53 bits per heavy atom. The Morgan fingerprint density at radius 3 is 2.95 bits per heavy atom. The molecule has 2 N–H and O–H groups in total. The average Bonchev–Trinajstić information content (AvgIpc) is 2.85. The fourth-order valence-corrected chi connectivity index (χ4v) is 1.61. The van der Waals surface area contributed by atoms with E-state index in [0.717, 1.165) is 18.2 Å². The SMILES string of the molecule is CCc1cnc(CNc2ccc(F)cc2C(=O)O)o1. The second-order valence-corrected chi connectivity index (χ2v) is 3.92. The van der Waals surface area contributed by atoms with Crippen LogP contribution in [0.15, 0.2) is 28.8 Å². The smallest absolute Gasteiger partial charge is 0.337 e. The molecule has 1 aromatic carbocycles. The van der Waals surface area contributed by atoms with Gasteiger partial charge in [0.1, 0.15) is 11.6 Å². The molecule has 0 aliphatic heterocycles. The van der Waals surface area contributed by atoms with Gasteiger partial charge in [0.05, 0.1) is 18.3 Å². The fraction of sp³-hybridized carbons (Fsp3) is 0.231. The lowest BCUT2D eigenvalue weighted by Gasteiger charge is -2.07. The average molecular weight is 264 g/mol. The first kappa shape index (κ1) is 13.1. The predicted molar refractivity (Wildman–Crippen MR) is 66.6 cm³/mol. The van der Waals surface area contributed by atoms with Crippen LogP contribution in [0, 0.1) is 5.82 Å². The number of hydrogen-bond acceptors (Lipinski definition) is 4. The second-order valence-electron chi connectivity index (χ2n) is 3.92. The lowest BCUT2D eigenvalue weighted by molar-refractivity contribution is 0.0697. The van der Waals surface area contributed by atoms with E-state index in [4.69, 9.17) is 9.52 Å². The van der Waals surface area contributed by atoms with Crippen molar-refractivity contribution in [2.45, 2.75) is 19.9 Å². The number of carboxylic acids is 1. The molecule has 0 aliphatic carbocycles. The van der Waals surface area contributed by atoms with Gasteiger partial charge in [0, 0.05) is 12.1 Å². The van der Waals surface area contributed by atoms with E-state index in [1.165, 1.54) is 12.1 Å². The molecule has 2 aromatic rings. The number of aryl methyl sites for hydroxylation is 1. The predicted octanol–water partition coefficient (Wildman–Crippen LogP) is 2.69. The summed E-state index contributed by atoms with van der Waals surface area (Å²) in [7, 11) is 0. The summed E-state index contributed by atoms with van der Waals surface area (Å²) in [6.45, 7) is 2.19. The summed E-state index contributed by atoms with van der Waals surface area (Å²) >= 11 is 0. The Labute approximate surface area is 109 Å². The molecule has 5 nitrogen and oxygen atoms in total. The first-order chi connectivity index (χ1) is 9.10. The molecule has 19 heavy (non-hydrogen) atoms. The van der Waals surface area contributed by atoms with Crippen molar-refractivity contribution >= 4 is 11.7 Å². The minimum absolute atomic E-state index is 0.123.